The number of piperidine rings is 1. The molecule has 2 fully saturated rings. The number of carbonyl (C=O) groups is 1. The van der Waals surface area contributed by atoms with Crippen molar-refractivity contribution < 1.29 is 9.53 Å². The zero-order chi connectivity index (χ0) is 21.9. The molecule has 2 saturated heterocycles. The maximum Gasteiger partial charge on any atom is 0.309 e. The maximum atomic E-state index is 12.0. The number of hydrogen-bond donors (Lipinski definition) is 1. The van der Waals surface area contributed by atoms with E-state index in [2.05, 4.69) is 57.3 Å². The van der Waals surface area contributed by atoms with E-state index in [0.29, 0.717) is 6.61 Å². The van der Waals surface area contributed by atoms with Crippen LogP contribution in [0.3, 0.4) is 0 Å². The number of nitrogens with one attached hydrogen (secondary N) is 1. The molecule has 1 aromatic rings. The zero-order valence-electron chi connectivity index (χ0n) is 19.3. The minimum atomic E-state index is -0.0458. The van der Waals surface area contributed by atoms with Gasteiger partial charge in [0, 0.05) is 58.9 Å². The summed E-state index contributed by atoms with van der Waals surface area (Å²) in [5.74, 6) is 0.967. The molecule has 0 amide bonds. The average molecular weight is 430 g/mol. The van der Waals surface area contributed by atoms with Crippen LogP contribution in [0.25, 0.3) is 0 Å². The van der Waals surface area contributed by atoms with Gasteiger partial charge in [-0.2, -0.15) is 0 Å². The third-order valence-electron chi connectivity index (χ3n) is 6.14. The summed E-state index contributed by atoms with van der Waals surface area (Å²) in [6.45, 7) is 14.3. The van der Waals surface area contributed by atoms with E-state index in [9.17, 15) is 4.79 Å². The molecular weight excluding hydrogens is 390 g/mol. The second-order valence-electron chi connectivity index (χ2n) is 8.35. The third kappa shape index (κ3) is 7.51. The Morgan fingerprint density at radius 2 is 1.71 bits per heavy atom. The van der Waals surface area contributed by atoms with Gasteiger partial charge < -0.3 is 15.0 Å². The van der Waals surface area contributed by atoms with Gasteiger partial charge in [-0.05, 0) is 32.3 Å². The normalized spacial score (nSPS) is 19.4. The Hall–Kier alpha value is -2.12. The molecule has 0 aromatic heterocycles. The summed E-state index contributed by atoms with van der Waals surface area (Å²) in [5, 5.41) is 3.43. The van der Waals surface area contributed by atoms with E-state index in [4.69, 9.17) is 9.73 Å². The summed E-state index contributed by atoms with van der Waals surface area (Å²) < 4.78 is 5.19. The molecule has 172 valence electrons. The van der Waals surface area contributed by atoms with E-state index >= 15 is 0 Å². The lowest BCUT2D eigenvalue weighted by molar-refractivity contribution is -0.149. The molecule has 7 nitrogen and oxygen atoms in total. The fourth-order valence-corrected chi connectivity index (χ4v) is 4.32. The first-order valence-corrected chi connectivity index (χ1v) is 11.9. The van der Waals surface area contributed by atoms with Gasteiger partial charge in [0.05, 0.1) is 19.1 Å². The molecule has 0 atom stereocenters. The molecule has 0 aliphatic carbocycles. The largest absolute Gasteiger partial charge is 0.466 e. The minimum absolute atomic E-state index is 0.0336. The van der Waals surface area contributed by atoms with Crippen molar-refractivity contribution in [2.75, 3.05) is 65.5 Å². The molecule has 7 heteroatoms. The Bertz CT molecular complexity index is 680. The SMILES string of the molecule is CCNC(=NCCN1CCN(Cc2ccccc2)CC1)N1CCC(C(=O)OCC)CC1. The Morgan fingerprint density at radius 3 is 2.35 bits per heavy atom. The van der Waals surface area contributed by atoms with Gasteiger partial charge in [-0.25, -0.2) is 0 Å². The Morgan fingerprint density at radius 1 is 1.03 bits per heavy atom. The number of esters is 1. The first kappa shape index (κ1) is 23.5. The van der Waals surface area contributed by atoms with Gasteiger partial charge in [0.1, 0.15) is 0 Å². The van der Waals surface area contributed by atoms with E-state index in [1.54, 1.807) is 0 Å². The highest BCUT2D eigenvalue weighted by atomic mass is 16.5. The average Bonchev–Trinajstić information content (AvgIpc) is 2.81. The monoisotopic (exact) mass is 429 g/mol. The van der Waals surface area contributed by atoms with Crippen molar-refractivity contribution >= 4 is 11.9 Å². The third-order valence-corrected chi connectivity index (χ3v) is 6.14. The number of carbonyl (C=O) groups excluding carboxylic acids is 1. The number of benzene rings is 1. The number of hydrogen-bond acceptors (Lipinski definition) is 5. The first-order chi connectivity index (χ1) is 15.2. The predicted octanol–water partition coefficient (Wildman–Crippen LogP) is 2.04. The standard InChI is InChI=1S/C24H39N5O2/c1-3-25-24(29-13-10-22(11-14-29)23(30)31-4-2)26-12-15-27-16-18-28(19-17-27)20-21-8-6-5-7-9-21/h5-9,22H,3-4,10-20H2,1-2H3,(H,25,26). The molecule has 0 saturated carbocycles. The molecule has 2 aliphatic heterocycles. The molecule has 0 radical (unpaired) electrons. The smallest absolute Gasteiger partial charge is 0.309 e. The Kier molecular flexibility index (Phi) is 9.62. The van der Waals surface area contributed by atoms with E-state index in [0.717, 1.165) is 84.2 Å². The number of nitrogens with zero attached hydrogens (tertiary/aromatic N) is 4. The van der Waals surface area contributed by atoms with Gasteiger partial charge in [0.15, 0.2) is 5.96 Å². The lowest BCUT2D eigenvalue weighted by Crippen LogP contribution is -2.48. The van der Waals surface area contributed by atoms with Crippen LogP contribution in [-0.4, -0.2) is 92.1 Å². The van der Waals surface area contributed by atoms with Gasteiger partial charge in [0.2, 0.25) is 0 Å². The lowest BCUT2D eigenvalue weighted by Gasteiger charge is -2.35. The highest BCUT2D eigenvalue weighted by molar-refractivity contribution is 5.80. The highest BCUT2D eigenvalue weighted by Crippen LogP contribution is 2.18. The van der Waals surface area contributed by atoms with Crippen molar-refractivity contribution in [2.24, 2.45) is 10.9 Å². The first-order valence-electron chi connectivity index (χ1n) is 11.9. The van der Waals surface area contributed by atoms with Crippen molar-refractivity contribution in [1.29, 1.82) is 0 Å². The molecule has 0 bridgehead atoms. The number of rotatable bonds is 8. The number of aliphatic imine (C=N–C) groups is 1. The summed E-state index contributed by atoms with van der Waals surface area (Å²) >= 11 is 0. The van der Waals surface area contributed by atoms with E-state index in [1.165, 1.54) is 5.56 Å². The van der Waals surface area contributed by atoms with Gasteiger partial charge in [0.25, 0.3) is 0 Å². The summed E-state index contributed by atoms with van der Waals surface area (Å²) in [6.07, 6.45) is 1.68. The number of guanidine groups is 1. The van der Waals surface area contributed by atoms with Crippen molar-refractivity contribution in [3.05, 3.63) is 35.9 Å². The molecule has 3 rings (SSSR count). The van der Waals surface area contributed by atoms with Crippen molar-refractivity contribution in [1.82, 2.24) is 20.0 Å². The lowest BCUT2D eigenvalue weighted by atomic mass is 9.97. The molecule has 0 unspecified atom stereocenters. The van der Waals surface area contributed by atoms with Crippen LogP contribution in [0, 0.1) is 5.92 Å². The topological polar surface area (TPSA) is 60.4 Å². The van der Waals surface area contributed by atoms with Crippen LogP contribution in [0.5, 0.6) is 0 Å². The Labute approximate surface area is 187 Å². The number of piperazine rings is 1. The van der Waals surface area contributed by atoms with Crippen LogP contribution in [0.2, 0.25) is 0 Å². The maximum absolute atomic E-state index is 12.0. The van der Waals surface area contributed by atoms with Crippen LogP contribution in [0.1, 0.15) is 32.3 Å². The van der Waals surface area contributed by atoms with Gasteiger partial charge in [-0.1, -0.05) is 30.3 Å². The van der Waals surface area contributed by atoms with Crippen LogP contribution in [0.15, 0.2) is 35.3 Å². The van der Waals surface area contributed by atoms with Crippen LogP contribution in [0.4, 0.5) is 0 Å². The van der Waals surface area contributed by atoms with E-state index in [-0.39, 0.29) is 11.9 Å². The van der Waals surface area contributed by atoms with Crippen LogP contribution >= 0.6 is 0 Å². The molecule has 2 heterocycles. The predicted molar refractivity (Wildman–Crippen MR) is 125 cm³/mol. The molecule has 1 N–H and O–H groups in total. The van der Waals surface area contributed by atoms with Gasteiger partial charge in [-0.15, -0.1) is 0 Å². The quantitative estimate of drug-likeness (QED) is 0.388. The van der Waals surface area contributed by atoms with Gasteiger partial charge in [-0.3, -0.25) is 19.6 Å². The highest BCUT2D eigenvalue weighted by Gasteiger charge is 2.27. The molecular formula is C24H39N5O2. The zero-order valence-corrected chi connectivity index (χ0v) is 19.3. The molecule has 31 heavy (non-hydrogen) atoms. The summed E-state index contributed by atoms with van der Waals surface area (Å²) in [4.78, 5) is 24.2. The summed E-state index contributed by atoms with van der Waals surface area (Å²) in [7, 11) is 0. The fraction of sp³-hybridized carbons (Fsp3) is 0.667. The second-order valence-corrected chi connectivity index (χ2v) is 8.35. The number of ether oxygens (including phenoxy) is 1. The van der Waals surface area contributed by atoms with Crippen molar-refractivity contribution in [3.63, 3.8) is 0 Å². The number of likely N-dealkylation sites (tertiary alicyclic amines) is 1. The minimum Gasteiger partial charge on any atom is -0.466 e. The van der Waals surface area contributed by atoms with Gasteiger partial charge >= 0.3 is 5.97 Å². The van der Waals surface area contributed by atoms with Crippen molar-refractivity contribution in [3.8, 4) is 0 Å². The van der Waals surface area contributed by atoms with Crippen LogP contribution < -0.4 is 5.32 Å². The second kappa shape index (κ2) is 12.7. The molecule has 0 spiro atoms. The van der Waals surface area contributed by atoms with Crippen molar-refractivity contribution in [2.45, 2.75) is 33.2 Å². The van der Waals surface area contributed by atoms with E-state index in [1.807, 2.05) is 6.92 Å². The van der Waals surface area contributed by atoms with Crippen LogP contribution in [-0.2, 0) is 16.1 Å². The fourth-order valence-electron chi connectivity index (χ4n) is 4.32. The molecule has 2 aliphatic rings. The summed E-state index contributed by atoms with van der Waals surface area (Å²) in [5.41, 5.74) is 1.39. The Balaban J connectivity index is 1.39. The van der Waals surface area contributed by atoms with E-state index < -0.39 is 0 Å². The molecule has 1 aromatic carbocycles. The summed E-state index contributed by atoms with van der Waals surface area (Å²) in [6, 6.07) is 10.7.